The molecule has 3 aliphatic rings. The number of urea groups is 1. The van der Waals surface area contributed by atoms with Crippen LogP contribution in [0.2, 0.25) is 0 Å². The number of hydrogen-bond donors (Lipinski definition) is 2. The number of imide groups is 1. The molecule has 1 unspecified atom stereocenters. The largest absolute Gasteiger partial charge is 0.369 e. The lowest BCUT2D eigenvalue weighted by Crippen LogP contribution is -2.47. The van der Waals surface area contributed by atoms with Crippen molar-refractivity contribution in [2.24, 2.45) is 14.1 Å². The van der Waals surface area contributed by atoms with Gasteiger partial charge in [0.25, 0.3) is 5.91 Å². The van der Waals surface area contributed by atoms with Gasteiger partial charge in [-0.2, -0.15) is 10.2 Å². The van der Waals surface area contributed by atoms with E-state index in [2.05, 4.69) is 68.0 Å². The van der Waals surface area contributed by atoms with Gasteiger partial charge in [0.05, 0.1) is 22.8 Å². The van der Waals surface area contributed by atoms with Crippen LogP contribution in [0.5, 0.6) is 0 Å². The Kier molecular flexibility index (Phi) is 12.4. The summed E-state index contributed by atoms with van der Waals surface area (Å²) in [6.45, 7) is 7.37. The smallest absolute Gasteiger partial charge is 0.350 e. The number of para-hydroxylation sites is 1. The van der Waals surface area contributed by atoms with Gasteiger partial charge in [0, 0.05) is 102 Å². The van der Waals surface area contributed by atoms with Gasteiger partial charge < -0.3 is 10.2 Å². The minimum atomic E-state index is -0.430. The first-order valence-electron chi connectivity index (χ1n) is 23.6. The average Bonchev–Trinajstić information content (AvgIpc) is 4.05. The van der Waals surface area contributed by atoms with Crippen LogP contribution in [0.15, 0.2) is 108 Å². The Balaban J connectivity index is 0.833. The standard InChI is InChI=1S/C53H54N12O5/c1-34-42(21-23-55-49(34)64-30-29-63(53(64)70)40-9-5-8-38(32-40)50(67)54-2)43-18-17-41(65-33-56-60(4)52(65)69)31-37(43)14-11-35-12-15-39(16-13-35)62-27-25-61(26-28-62)24-22-36-7-6-10-44-47(58-59(3)48(36)44)45-19-20-46(66)57-51(45)68/h5-18,21,23,31-33,45H,19-20,22,24-30H2,1-4H3,(H,54,67)(H,57,66,68)/b14-11+. The third-order valence-electron chi connectivity index (χ3n) is 13.8. The van der Waals surface area contributed by atoms with Crippen molar-refractivity contribution in [1.82, 2.24) is 44.6 Å². The average molecular weight is 939 g/mol. The molecule has 0 radical (unpaired) electrons. The predicted molar refractivity (Wildman–Crippen MR) is 270 cm³/mol. The summed E-state index contributed by atoms with van der Waals surface area (Å²) < 4.78 is 4.69. The van der Waals surface area contributed by atoms with E-state index in [0.717, 1.165) is 89.2 Å². The highest BCUT2D eigenvalue weighted by molar-refractivity contribution is 6.07. The Morgan fingerprint density at radius 1 is 0.800 bits per heavy atom. The molecule has 356 valence electrons. The van der Waals surface area contributed by atoms with E-state index in [1.54, 1.807) is 48.3 Å². The minimum absolute atomic E-state index is 0.224. The summed E-state index contributed by atoms with van der Waals surface area (Å²) in [4.78, 5) is 76.8. The zero-order valence-corrected chi connectivity index (χ0v) is 39.6. The Hall–Kier alpha value is -8.18. The molecule has 4 aromatic carbocycles. The zero-order valence-electron chi connectivity index (χ0n) is 39.6. The van der Waals surface area contributed by atoms with Crippen LogP contribution in [0, 0.1) is 6.92 Å². The quantitative estimate of drug-likeness (QED) is 0.114. The molecule has 3 aromatic heterocycles. The molecule has 17 nitrogen and oxygen atoms in total. The SMILES string of the molecule is CNC(=O)c1cccc(N2CCN(c3nccc(-c4ccc(-n5cnn(C)c5=O)cc4/C=C/c4ccc(N5CCN(CCc6cccc7c(C8CCC(=O)NC8=O)nn(C)c67)CC5)cc4)c3C)C2=O)c1. The van der Waals surface area contributed by atoms with Crippen molar-refractivity contribution in [3.05, 3.63) is 148 Å². The molecule has 2 N–H and O–H groups in total. The minimum Gasteiger partial charge on any atom is -0.369 e. The maximum atomic E-state index is 14.0. The number of rotatable bonds is 12. The van der Waals surface area contributed by atoms with Crippen LogP contribution < -0.4 is 31.0 Å². The van der Waals surface area contributed by atoms with E-state index >= 15 is 0 Å². The molecule has 3 saturated heterocycles. The first-order chi connectivity index (χ1) is 33.9. The lowest BCUT2D eigenvalue weighted by atomic mass is 9.92. The Labute approximate surface area is 404 Å². The first kappa shape index (κ1) is 45.6. The second-order valence-electron chi connectivity index (χ2n) is 18.0. The van der Waals surface area contributed by atoms with Crippen molar-refractivity contribution in [3.63, 3.8) is 0 Å². The van der Waals surface area contributed by atoms with Gasteiger partial charge in [0.15, 0.2) is 0 Å². The molecular formula is C53H54N12O5. The number of nitrogens with one attached hydrogen (secondary N) is 2. The molecule has 0 spiro atoms. The van der Waals surface area contributed by atoms with Crippen LogP contribution in [0.3, 0.4) is 0 Å². The summed E-state index contributed by atoms with van der Waals surface area (Å²) in [5.41, 5.74) is 10.1. The molecule has 0 bridgehead atoms. The number of carbonyl (C=O) groups is 4. The molecule has 3 aliphatic heterocycles. The van der Waals surface area contributed by atoms with Crippen LogP contribution in [0.1, 0.15) is 57.1 Å². The topological polar surface area (TPSA) is 176 Å². The number of benzene rings is 4. The van der Waals surface area contributed by atoms with Gasteiger partial charge in [-0.3, -0.25) is 39.1 Å². The fourth-order valence-corrected chi connectivity index (χ4v) is 10.0. The normalized spacial score (nSPS) is 16.8. The molecule has 70 heavy (non-hydrogen) atoms. The molecule has 17 heteroatoms. The number of carbonyl (C=O) groups excluding carboxylic acids is 4. The van der Waals surface area contributed by atoms with Crippen molar-refractivity contribution < 1.29 is 19.2 Å². The first-order valence-corrected chi connectivity index (χ1v) is 23.6. The third-order valence-corrected chi connectivity index (χ3v) is 13.8. The summed E-state index contributed by atoms with van der Waals surface area (Å²) >= 11 is 0. The number of hydrogen-bond acceptors (Lipinski definition) is 10. The van der Waals surface area contributed by atoms with Crippen LogP contribution in [0.4, 0.5) is 22.0 Å². The Morgan fingerprint density at radius 3 is 2.33 bits per heavy atom. The van der Waals surface area contributed by atoms with E-state index < -0.39 is 5.92 Å². The molecule has 0 aliphatic carbocycles. The van der Waals surface area contributed by atoms with E-state index in [9.17, 15) is 24.0 Å². The van der Waals surface area contributed by atoms with Gasteiger partial charge in [-0.1, -0.05) is 54.6 Å². The van der Waals surface area contributed by atoms with Crippen molar-refractivity contribution >= 4 is 64.0 Å². The lowest BCUT2D eigenvalue weighted by Gasteiger charge is -2.36. The number of anilines is 3. The molecule has 6 heterocycles. The highest BCUT2D eigenvalue weighted by atomic mass is 16.2. The maximum Gasteiger partial charge on any atom is 0.350 e. The van der Waals surface area contributed by atoms with Crippen LogP contribution >= 0.6 is 0 Å². The molecule has 7 aromatic rings. The maximum absolute atomic E-state index is 14.0. The van der Waals surface area contributed by atoms with E-state index in [1.807, 2.05) is 61.1 Å². The van der Waals surface area contributed by atoms with Gasteiger partial charge >= 0.3 is 11.7 Å². The van der Waals surface area contributed by atoms with Gasteiger partial charge in [0.2, 0.25) is 11.8 Å². The number of aryl methyl sites for hydroxylation is 2. The van der Waals surface area contributed by atoms with E-state index in [4.69, 9.17) is 10.1 Å². The van der Waals surface area contributed by atoms with Gasteiger partial charge in [-0.25, -0.2) is 23.8 Å². The summed E-state index contributed by atoms with van der Waals surface area (Å²) in [6.07, 6.45) is 9.00. The Bertz CT molecular complexity index is 3270. The van der Waals surface area contributed by atoms with Crippen LogP contribution in [0.25, 0.3) is 39.9 Å². The molecule has 1 atom stereocenters. The van der Waals surface area contributed by atoms with Crippen molar-refractivity contribution in [2.45, 2.75) is 32.1 Å². The summed E-state index contributed by atoms with van der Waals surface area (Å²) in [5, 5.41) is 15.0. The fourth-order valence-electron chi connectivity index (χ4n) is 10.0. The van der Waals surface area contributed by atoms with Crippen molar-refractivity contribution in [3.8, 4) is 16.8 Å². The van der Waals surface area contributed by atoms with Crippen LogP contribution in [-0.2, 0) is 30.1 Å². The summed E-state index contributed by atoms with van der Waals surface area (Å²) in [7, 11) is 5.12. The van der Waals surface area contributed by atoms with Gasteiger partial charge in [-0.15, -0.1) is 0 Å². The zero-order chi connectivity index (χ0) is 48.6. The molecule has 0 saturated carbocycles. The van der Waals surface area contributed by atoms with Crippen LogP contribution in [-0.4, -0.2) is 111 Å². The predicted octanol–water partition coefficient (Wildman–Crippen LogP) is 5.69. The highest BCUT2D eigenvalue weighted by Gasteiger charge is 2.34. The number of fused-ring (bicyclic) bond motifs is 1. The summed E-state index contributed by atoms with van der Waals surface area (Å²) in [6, 6.07) is 29.4. The number of amides is 5. The number of piperazine rings is 1. The number of pyridine rings is 1. The van der Waals surface area contributed by atoms with Crippen molar-refractivity contribution in [1.29, 1.82) is 0 Å². The fraction of sp³-hybridized carbons (Fsp3) is 0.283. The lowest BCUT2D eigenvalue weighted by molar-refractivity contribution is -0.134. The van der Waals surface area contributed by atoms with Gasteiger partial charge in [0.1, 0.15) is 12.1 Å². The number of aromatic nitrogens is 6. The van der Waals surface area contributed by atoms with Gasteiger partial charge in [-0.05, 0) is 102 Å². The van der Waals surface area contributed by atoms with E-state index in [-0.39, 0.29) is 29.4 Å². The molecule has 5 amide bonds. The molecule has 3 fully saturated rings. The Morgan fingerprint density at radius 2 is 1.57 bits per heavy atom. The molecule has 10 rings (SSSR count). The third kappa shape index (κ3) is 8.75. The van der Waals surface area contributed by atoms with E-state index in [1.165, 1.54) is 21.1 Å². The second kappa shape index (κ2) is 19.1. The second-order valence-corrected chi connectivity index (χ2v) is 18.0. The number of piperidine rings is 1. The van der Waals surface area contributed by atoms with E-state index in [0.29, 0.717) is 48.7 Å². The monoisotopic (exact) mass is 938 g/mol. The number of nitrogens with zero attached hydrogens (tertiary/aromatic N) is 10. The van der Waals surface area contributed by atoms with Crippen molar-refractivity contribution in [2.75, 3.05) is 67.6 Å². The molecular weight excluding hydrogens is 885 g/mol. The highest BCUT2D eigenvalue weighted by Crippen LogP contribution is 2.36. The summed E-state index contributed by atoms with van der Waals surface area (Å²) in [5.74, 6) is -0.601.